The van der Waals surface area contributed by atoms with Crippen LogP contribution in [0, 0.1) is 0 Å². The summed E-state index contributed by atoms with van der Waals surface area (Å²) in [6, 6.07) is 9.52. The molecular weight excluding hydrogens is 335 g/mol. The molecule has 3 aromatic rings. The Morgan fingerprint density at radius 1 is 1.12 bits per heavy atom. The fourth-order valence-electron chi connectivity index (χ4n) is 2.80. The number of aliphatic hydroxyl groups excluding tert-OH is 1. The average molecular weight is 349 g/mol. The van der Waals surface area contributed by atoms with Gasteiger partial charge in [-0.1, -0.05) is 6.07 Å². The maximum absolute atomic E-state index is 13.0. The van der Waals surface area contributed by atoms with Crippen molar-refractivity contribution >= 4 is 16.9 Å². The van der Waals surface area contributed by atoms with Crippen LogP contribution in [0.15, 0.2) is 48.7 Å². The van der Waals surface area contributed by atoms with Crippen LogP contribution in [0.1, 0.15) is 21.5 Å². The molecule has 0 bridgehead atoms. The number of rotatable bonds is 4. The number of carboxylic acids is 1. The van der Waals surface area contributed by atoms with Crippen LogP contribution < -0.4 is 0 Å². The van der Waals surface area contributed by atoms with E-state index in [0.29, 0.717) is 22.2 Å². The molecule has 1 aromatic heterocycles. The number of aromatic carboxylic acids is 1. The first-order valence-electron chi connectivity index (χ1n) is 7.47. The number of fused-ring (bicyclic) bond motifs is 1. The van der Waals surface area contributed by atoms with Crippen LogP contribution in [0.3, 0.4) is 0 Å². The van der Waals surface area contributed by atoms with Gasteiger partial charge in [-0.2, -0.15) is 13.2 Å². The van der Waals surface area contributed by atoms with E-state index in [1.807, 2.05) is 0 Å². The summed E-state index contributed by atoms with van der Waals surface area (Å²) in [5.41, 5.74) is 0.906. The lowest BCUT2D eigenvalue weighted by atomic mass is 10.1. The third kappa shape index (κ3) is 3.23. The van der Waals surface area contributed by atoms with E-state index in [1.165, 1.54) is 18.2 Å². The molecule has 1 heterocycles. The monoisotopic (exact) mass is 349 g/mol. The molecule has 0 fully saturated rings. The van der Waals surface area contributed by atoms with E-state index >= 15 is 0 Å². The molecule has 3 rings (SSSR count). The van der Waals surface area contributed by atoms with Crippen molar-refractivity contribution in [1.29, 1.82) is 0 Å². The summed E-state index contributed by atoms with van der Waals surface area (Å²) in [5, 5.41) is 18.7. The van der Waals surface area contributed by atoms with E-state index in [-0.39, 0.29) is 18.6 Å². The standard InChI is InChI=1S/C18H14F3NO3/c19-18(20,21)13-4-5-16-15(9-13)12(6-7-23)10-22(16)14-3-1-2-11(8-14)17(24)25/h1-5,8-10,23H,6-7H2,(H,24,25). The number of aromatic nitrogens is 1. The molecule has 7 heteroatoms. The summed E-state index contributed by atoms with van der Waals surface area (Å²) in [6.07, 6.45) is -2.64. The molecule has 2 N–H and O–H groups in total. The number of benzene rings is 2. The Kier molecular flexibility index (Phi) is 4.26. The highest BCUT2D eigenvalue weighted by Gasteiger charge is 2.31. The molecule has 4 nitrogen and oxygen atoms in total. The van der Waals surface area contributed by atoms with Gasteiger partial charge in [-0.15, -0.1) is 0 Å². The highest BCUT2D eigenvalue weighted by molar-refractivity contribution is 5.90. The third-order valence-electron chi connectivity index (χ3n) is 3.97. The zero-order valence-corrected chi connectivity index (χ0v) is 12.9. The van der Waals surface area contributed by atoms with E-state index in [4.69, 9.17) is 5.11 Å². The minimum atomic E-state index is -4.46. The van der Waals surface area contributed by atoms with Gasteiger partial charge in [0.15, 0.2) is 0 Å². The van der Waals surface area contributed by atoms with Crippen molar-refractivity contribution in [3.8, 4) is 5.69 Å². The zero-order valence-electron chi connectivity index (χ0n) is 12.9. The topological polar surface area (TPSA) is 62.5 Å². The molecule has 0 spiro atoms. The molecule has 0 aliphatic heterocycles. The minimum Gasteiger partial charge on any atom is -0.478 e. The summed E-state index contributed by atoms with van der Waals surface area (Å²) in [7, 11) is 0. The first kappa shape index (κ1) is 17.0. The van der Waals surface area contributed by atoms with Gasteiger partial charge < -0.3 is 14.8 Å². The Morgan fingerprint density at radius 3 is 2.52 bits per heavy atom. The van der Waals surface area contributed by atoms with Gasteiger partial charge in [0.1, 0.15) is 0 Å². The molecule has 0 aliphatic rings. The van der Waals surface area contributed by atoms with Crippen LogP contribution in [0.5, 0.6) is 0 Å². The van der Waals surface area contributed by atoms with Crippen LogP contribution in [0.2, 0.25) is 0 Å². The maximum atomic E-state index is 13.0. The molecule has 0 saturated heterocycles. The Balaban J connectivity index is 2.22. The van der Waals surface area contributed by atoms with E-state index in [0.717, 1.165) is 12.1 Å². The highest BCUT2D eigenvalue weighted by Crippen LogP contribution is 2.34. The number of carbonyl (C=O) groups is 1. The van der Waals surface area contributed by atoms with Crippen molar-refractivity contribution in [1.82, 2.24) is 4.57 Å². The second-order valence-corrected chi connectivity index (χ2v) is 5.58. The van der Waals surface area contributed by atoms with Crippen molar-refractivity contribution in [2.45, 2.75) is 12.6 Å². The summed E-state index contributed by atoms with van der Waals surface area (Å²) < 4.78 is 40.6. The highest BCUT2D eigenvalue weighted by atomic mass is 19.4. The number of hydrogen-bond donors (Lipinski definition) is 2. The average Bonchev–Trinajstić information content (AvgIpc) is 2.93. The molecule has 0 aliphatic carbocycles. The van der Waals surface area contributed by atoms with Crippen molar-refractivity contribution in [2.24, 2.45) is 0 Å². The third-order valence-corrected chi connectivity index (χ3v) is 3.97. The summed E-state index contributed by atoms with van der Waals surface area (Å²) in [4.78, 5) is 11.1. The van der Waals surface area contributed by atoms with Gasteiger partial charge >= 0.3 is 12.1 Å². The molecule has 0 saturated carbocycles. The number of aliphatic hydroxyl groups is 1. The second kappa shape index (κ2) is 6.25. The van der Waals surface area contributed by atoms with Gasteiger partial charge in [-0.05, 0) is 48.4 Å². The van der Waals surface area contributed by atoms with E-state index in [1.54, 1.807) is 22.9 Å². The molecule has 130 valence electrons. The fourth-order valence-corrected chi connectivity index (χ4v) is 2.80. The Bertz CT molecular complexity index is 944. The van der Waals surface area contributed by atoms with Gasteiger partial charge in [0.05, 0.1) is 16.6 Å². The lowest BCUT2D eigenvalue weighted by Gasteiger charge is -2.09. The first-order valence-corrected chi connectivity index (χ1v) is 7.47. The zero-order chi connectivity index (χ0) is 18.2. The Hall–Kier alpha value is -2.80. The van der Waals surface area contributed by atoms with Crippen molar-refractivity contribution in [3.05, 3.63) is 65.4 Å². The summed E-state index contributed by atoms with van der Waals surface area (Å²) in [6.45, 7) is -0.204. The van der Waals surface area contributed by atoms with Gasteiger partial charge in [0.2, 0.25) is 0 Å². The Labute approximate surface area is 140 Å². The molecule has 25 heavy (non-hydrogen) atoms. The molecule has 0 amide bonds. The van der Waals surface area contributed by atoms with Crippen LogP contribution in [0.4, 0.5) is 13.2 Å². The lowest BCUT2D eigenvalue weighted by molar-refractivity contribution is -0.137. The van der Waals surface area contributed by atoms with E-state index in [2.05, 4.69) is 0 Å². The minimum absolute atomic E-state index is 0.0787. The number of halogens is 3. The van der Waals surface area contributed by atoms with Gasteiger partial charge in [-0.3, -0.25) is 0 Å². The van der Waals surface area contributed by atoms with Crippen LogP contribution in [-0.2, 0) is 12.6 Å². The molecule has 0 unspecified atom stereocenters. The normalized spacial score (nSPS) is 11.8. The summed E-state index contributed by atoms with van der Waals surface area (Å²) in [5.74, 6) is -1.09. The number of alkyl halides is 3. The first-order chi connectivity index (χ1) is 11.8. The van der Waals surface area contributed by atoms with Gasteiger partial charge in [-0.25, -0.2) is 4.79 Å². The Morgan fingerprint density at radius 2 is 1.88 bits per heavy atom. The van der Waals surface area contributed by atoms with Crippen molar-refractivity contribution in [3.63, 3.8) is 0 Å². The molecular formula is C18H14F3NO3. The van der Waals surface area contributed by atoms with Crippen LogP contribution >= 0.6 is 0 Å². The molecule has 2 aromatic carbocycles. The quantitative estimate of drug-likeness (QED) is 0.751. The second-order valence-electron chi connectivity index (χ2n) is 5.58. The van der Waals surface area contributed by atoms with Crippen LogP contribution in [0.25, 0.3) is 16.6 Å². The largest absolute Gasteiger partial charge is 0.478 e. The van der Waals surface area contributed by atoms with Gasteiger partial charge in [0.25, 0.3) is 0 Å². The lowest BCUT2D eigenvalue weighted by Crippen LogP contribution is -2.04. The number of nitrogens with zero attached hydrogens (tertiary/aromatic N) is 1. The van der Waals surface area contributed by atoms with Crippen LogP contribution in [-0.4, -0.2) is 27.4 Å². The smallest absolute Gasteiger partial charge is 0.416 e. The van der Waals surface area contributed by atoms with Gasteiger partial charge in [0, 0.05) is 23.9 Å². The SMILES string of the molecule is O=C(O)c1cccc(-n2cc(CCO)c3cc(C(F)(F)F)ccc32)c1. The maximum Gasteiger partial charge on any atom is 0.416 e. The predicted molar refractivity (Wildman–Crippen MR) is 86.0 cm³/mol. The fraction of sp³-hybridized carbons (Fsp3) is 0.167. The molecule has 0 atom stereocenters. The number of carboxylic acid groups (broad SMARTS) is 1. The molecule has 0 radical (unpaired) electrons. The van der Waals surface area contributed by atoms with E-state index < -0.39 is 17.7 Å². The summed E-state index contributed by atoms with van der Waals surface area (Å²) >= 11 is 0. The van der Waals surface area contributed by atoms with Crippen molar-refractivity contribution < 1.29 is 28.2 Å². The predicted octanol–water partition coefficient (Wildman–Crippen LogP) is 3.88. The van der Waals surface area contributed by atoms with E-state index in [9.17, 15) is 23.1 Å². The van der Waals surface area contributed by atoms with Crippen molar-refractivity contribution in [2.75, 3.05) is 6.61 Å². The number of hydrogen-bond acceptors (Lipinski definition) is 2.